The molecule has 1 heterocycles. The van der Waals surface area contributed by atoms with E-state index < -0.39 is 0 Å². The van der Waals surface area contributed by atoms with Gasteiger partial charge in [0.25, 0.3) is 5.91 Å². The third-order valence-electron chi connectivity index (χ3n) is 5.56. The van der Waals surface area contributed by atoms with Crippen LogP contribution < -0.4 is 20.3 Å². The van der Waals surface area contributed by atoms with Crippen LogP contribution >= 0.6 is 0 Å². The number of para-hydroxylation sites is 1. The molecule has 160 valence electrons. The van der Waals surface area contributed by atoms with Crippen molar-refractivity contribution in [3.05, 3.63) is 90.5 Å². The molecule has 31 heavy (non-hydrogen) atoms. The highest BCUT2D eigenvalue weighted by Crippen LogP contribution is 2.22. The van der Waals surface area contributed by atoms with E-state index in [2.05, 4.69) is 58.0 Å². The Bertz CT molecular complexity index is 937. The molecule has 3 aromatic rings. The van der Waals surface area contributed by atoms with Crippen LogP contribution in [0.2, 0.25) is 0 Å². The van der Waals surface area contributed by atoms with Gasteiger partial charge in [0.1, 0.15) is 5.75 Å². The van der Waals surface area contributed by atoms with Crippen LogP contribution in [-0.4, -0.2) is 31.6 Å². The van der Waals surface area contributed by atoms with Crippen LogP contribution in [0.15, 0.2) is 84.9 Å². The first-order chi connectivity index (χ1) is 15.3. The van der Waals surface area contributed by atoms with E-state index in [9.17, 15) is 4.79 Å². The number of benzene rings is 3. The number of ether oxygens (including phenoxy) is 1. The topological polar surface area (TPSA) is 53.6 Å². The molecule has 0 unspecified atom stereocenters. The number of piperidine rings is 1. The first kappa shape index (κ1) is 20.9. The molecule has 3 aromatic carbocycles. The highest BCUT2D eigenvalue weighted by atomic mass is 16.5. The minimum absolute atomic E-state index is 0.00470. The molecule has 1 saturated heterocycles. The summed E-state index contributed by atoms with van der Waals surface area (Å²) >= 11 is 0. The van der Waals surface area contributed by atoms with Crippen molar-refractivity contribution in [2.24, 2.45) is 0 Å². The van der Waals surface area contributed by atoms with E-state index >= 15 is 0 Å². The Kier molecular flexibility index (Phi) is 7.19. The summed E-state index contributed by atoms with van der Waals surface area (Å²) in [6.45, 7) is 2.98. The predicted octanol–water partition coefficient (Wildman–Crippen LogP) is 4.46. The molecule has 0 spiro atoms. The summed E-state index contributed by atoms with van der Waals surface area (Å²) in [5.74, 6) is 0.525. The molecule has 0 aliphatic carbocycles. The van der Waals surface area contributed by atoms with Gasteiger partial charge < -0.3 is 20.3 Å². The van der Waals surface area contributed by atoms with Gasteiger partial charge in [-0.05, 0) is 54.8 Å². The number of carbonyl (C=O) groups excluding carboxylic acids is 1. The SMILES string of the molecule is O=C(COc1ccccc1)Nc1ccc(N2CCC(NCc3ccccc3)CC2)cc1. The Balaban J connectivity index is 1.20. The van der Waals surface area contributed by atoms with Crippen LogP contribution in [0.3, 0.4) is 0 Å². The van der Waals surface area contributed by atoms with Gasteiger partial charge in [0, 0.05) is 37.1 Å². The number of rotatable bonds is 8. The quantitative estimate of drug-likeness (QED) is 0.570. The first-order valence-electron chi connectivity index (χ1n) is 10.9. The van der Waals surface area contributed by atoms with Crippen molar-refractivity contribution in [1.29, 1.82) is 0 Å². The van der Waals surface area contributed by atoms with E-state index in [4.69, 9.17) is 4.74 Å². The molecule has 0 aromatic heterocycles. The zero-order chi connectivity index (χ0) is 21.3. The fourth-order valence-corrected chi connectivity index (χ4v) is 3.82. The van der Waals surface area contributed by atoms with Gasteiger partial charge in [-0.3, -0.25) is 4.79 Å². The van der Waals surface area contributed by atoms with E-state index in [0.29, 0.717) is 11.8 Å². The van der Waals surface area contributed by atoms with Gasteiger partial charge in [-0.1, -0.05) is 48.5 Å². The molecule has 1 aliphatic rings. The van der Waals surface area contributed by atoms with Gasteiger partial charge in [0.05, 0.1) is 0 Å². The summed E-state index contributed by atoms with van der Waals surface area (Å²) in [7, 11) is 0. The van der Waals surface area contributed by atoms with Crippen molar-refractivity contribution >= 4 is 17.3 Å². The standard InChI is InChI=1S/C26H29N3O2/c30-26(20-31-25-9-5-2-6-10-25)28-23-11-13-24(14-12-23)29-17-15-22(16-18-29)27-19-21-7-3-1-4-8-21/h1-14,22,27H,15-20H2,(H,28,30). The predicted molar refractivity (Wildman–Crippen MR) is 126 cm³/mol. The fraction of sp³-hybridized carbons (Fsp3) is 0.269. The van der Waals surface area contributed by atoms with E-state index in [1.54, 1.807) is 0 Å². The summed E-state index contributed by atoms with van der Waals surface area (Å²) < 4.78 is 5.49. The minimum atomic E-state index is -0.165. The maximum absolute atomic E-state index is 12.1. The molecule has 1 aliphatic heterocycles. The van der Waals surface area contributed by atoms with Crippen LogP contribution in [0.5, 0.6) is 5.75 Å². The summed E-state index contributed by atoms with van der Waals surface area (Å²) in [5.41, 5.74) is 3.31. The molecular weight excluding hydrogens is 386 g/mol. The lowest BCUT2D eigenvalue weighted by Gasteiger charge is -2.34. The molecule has 0 atom stereocenters. The van der Waals surface area contributed by atoms with E-state index in [-0.39, 0.29) is 12.5 Å². The van der Waals surface area contributed by atoms with Crippen molar-refractivity contribution in [2.45, 2.75) is 25.4 Å². The van der Waals surface area contributed by atoms with Crippen LogP contribution in [0.1, 0.15) is 18.4 Å². The second-order valence-electron chi connectivity index (χ2n) is 7.82. The van der Waals surface area contributed by atoms with Gasteiger partial charge in [0.2, 0.25) is 0 Å². The second-order valence-corrected chi connectivity index (χ2v) is 7.82. The number of carbonyl (C=O) groups is 1. The molecule has 0 bridgehead atoms. The van der Waals surface area contributed by atoms with Crippen molar-refractivity contribution < 1.29 is 9.53 Å². The third-order valence-corrected chi connectivity index (χ3v) is 5.56. The number of amides is 1. The number of hydrogen-bond acceptors (Lipinski definition) is 4. The van der Waals surface area contributed by atoms with Crippen molar-refractivity contribution in [1.82, 2.24) is 5.32 Å². The lowest BCUT2D eigenvalue weighted by atomic mass is 10.0. The van der Waals surface area contributed by atoms with E-state index in [1.165, 1.54) is 11.3 Å². The lowest BCUT2D eigenvalue weighted by molar-refractivity contribution is -0.118. The average molecular weight is 416 g/mol. The normalized spacial score (nSPS) is 14.3. The Morgan fingerprint density at radius 1 is 0.871 bits per heavy atom. The van der Waals surface area contributed by atoms with Crippen molar-refractivity contribution in [3.63, 3.8) is 0 Å². The van der Waals surface area contributed by atoms with Gasteiger partial charge in [-0.25, -0.2) is 0 Å². The third kappa shape index (κ3) is 6.33. The number of hydrogen-bond donors (Lipinski definition) is 2. The monoisotopic (exact) mass is 415 g/mol. The van der Waals surface area contributed by atoms with Gasteiger partial charge in [0.15, 0.2) is 6.61 Å². The summed E-state index contributed by atoms with van der Waals surface area (Å²) in [5, 5.41) is 6.57. The smallest absolute Gasteiger partial charge is 0.262 e. The summed E-state index contributed by atoms with van der Waals surface area (Å²) in [4.78, 5) is 14.5. The molecule has 4 rings (SSSR count). The molecule has 1 fully saturated rings. The van der Waals surface area contributed by atoms with E-state index in [0.717, 1.165) is 38.2 Å². The van der Waals surface area contributed by atoms with Gasteiger partial charge in [-0.15, -0.1) is 0 Å². The lowest BCUT2D eigenvalue weighted by Crippen LogP contribution is -2.42. The molecular formula is C26H29N3O2. The number of nitrogens with one attached hydrogen (secondary N) is 2. The Labute approximate surface area is 184 Å². The van der Waals surface area contributed by atoms with Crippen LogP contribution in [-0.2, 0) is 11.3 Å². The highest BCUT2D eigenvalue weighted by molar-refractivity contribution is 5.92. The minimum Gasteiger partial charge on any atom is -0.484 e. The van der Waals surface area contributed by atoms with Crippen LogP contribution in [0, 0.1) is 0 Å². The Morgan fingerprint density at radius 2 is 1.52 bits per heavy atom. The first-order valence-corrected chi connectivity index (χ1v) is 10.9. The molecule has 0 radical (unpaired) electrons. The van der Waals surface area contributed by atoms with Crippen molar-refractivity contribution in [3.8, 4) is 5.75 Å². The Morgan fingerprint density at radius 3 is 2.19 bits per heavy atom. The maximum atomic E-state index is 12.1. The molecule has 0 saturated carbocycles. The zero-order valence-corrected chi connectivity index (χ0v) is 17.7. The number of anilines is 2. The fourth-order valence-electron chi connectivity index (χ4n) is 3.82. The molecule has 2 N–H and O–H groups in total. The van der Waals surface area contributed by atoms with Crippen molar-refractivity contribution in [2.75, 3.05) is 29.9 Å². The van der Waals surface area contributed by atoms with Gasteiger partial charge in [-0.2, -0.15) is 0 Å². The number of nitrogens with zero attached hydrogens (tertiary/aromatic N) is 1. The largest absolute Gasteiger partial charge is 0.484 e. The summed E-state index contributed by atoms with van der Waals surface area (Å²) in [6, 6.07) is 28.5. The second kappa shape index (κ2) is 10.6. The van der Waals surface area contributed by atoms with Crippen LogP contribution in [0.25, 0.3) is 0 Å². The average Bonchev–Trinajstić information content (AvgIpc) is 2.84. The highest BCUT2D eigenvalue weighted by Gasteiger charge is 2.19. The molecule has 5 heteroatoms. The summed E-state index contributed by atoms with van der Waals surface area (Å²) in [6.07, 6.45) is 2.25. The van der Waals surface area contributed by atoms with Gasteiger partial charge >= 0.3 is 0 Å². The Hall–Kier alpha value is -3.31. The van der Waals surface area contributed by atoms with E-state index in [1.807, 2.05) is 42.5 Å². The molecule has 5 nitrogen and oxygen atoms in total. The molecule has 1 amide bonds. The maximum Gasteiger partial charge on any atom is 0.262 e. The zero-order valence-electron chi connectivity index (χ0n) is 17.7. The van der Waals surface area contributed by atoms with Crippen LogP contribution in [0.4, 0.5) is 11.4 Å².